The van der Waals surface area contributed by atoms with Crippen LogP contribution in [-0.4, -0.2) is 45.3 Å². The van der Waals surface area contributed by atoms with E-state index >= 15 is 0 Å². The molecule has 3 heterocycles. The van der Waals surface area contributed by atoms with Gasteiger partial charge >= 0.3 is 6.09 Å². The summed E-state index contributed by atoms with van der Waals surface area (Å²) in [7, 11) is 3.07. The lowest BCUT2D eigenvalue weighted by Gasteiger charge is -2.24. The minimum absolute atomic E-state index is 0.254. The number of hydrogen-bond donors (Lipinski definition) is 1. The molecule has 22 heavy (non-hydrogen) atoms. The van der Waals surface area contributed by atoms with Gasteiger partial charge in [0.2, 0.25) is 0 Å². The van der Waals surface area contributed by atoms with Crippen molar-refractivity contribution in [1.82, 2.24) is 19.7 Å². The minimum Gasteiger partial charge on any atom is -0.453 e. The van der Waals surface area contributed by atoms with Gasteiger partial charge in [0.25, 0.3) is 5.91 Å². The number of aryl methyl sites for hydroxylation is 1. The van der Waals surface area contributed by atoms with Gasteiger partial charge in [-0.1, -0.05) is 11.3 Å². The zero-order valence-electron chi connectivity index (χ0n) is 12.2. The molecule has 1 N–H and O–H groups in total. The van der Waals surface area contributed by atoms with Crippen molar-refractivity contribution >= 4 is 28.5 Å². The number of methoxy groups -OCH3 is 1. The van der Waals surface area contributed by atoms with Crippen molar-refractivity contribution in [3.05, 3.63) is 28.5 Å². The van der Waals surface area contributed by atoms with Gasteiger partial charge in [-0.05, 0) is 6.07 Å². The van der Waals surface area contributed by atoms with Gasteiger partial charge in [0, 0.05) is 31.1 Å². The Morgan fingerprint density at radius 2 is 2.27 bits per heavy atom. The molecule has 2 aromatic heterocycles. The summed E-state index contributed by atoms with van der Waals surface area (Å²) in [6.07, 6.45) is 1.87. The Bertz CT molecular complexity index is 723. The molecule has 2 amide bonds. The fraction of sp³-hybridized carbons (Fsp3) is 0.385. The number of hydrogen-bond acceptors (Lipinski definition) is 6. The maximum Gasteiger partial charge on any atom is 0.409 e. The zero-order chi connectivity index (χ0) is 15.7. The van der Waals surface area contributed by atoms with E-state index in [2.05, 4.69) is 15.4 Å². The van der Waals surface area contributed by atoms with Crippen LogP contribution in [0.5, 0.6) is 0 Å². The lowest BCUT2D eigenvalue weighted by atomic mass is 10.2. The lowest BCUT2D eigenvalue weighted by molar-refractivity contribution is 0.101. The average Bonchev–Trinajstić information content (AvgIpc) is 3.10. The fourth-order valence-corrected chi connectivity index (χ4v) is 3.31. The molecular formula is C13H15N5O3S. The number of nitrogens with one attached hydrogen (secondary N) is 1. The van der Waals surface area contributed by atoms with Crippen LogP contribution in [0.25, 0.3) is 0 Å². The van der Waals surface area contributed by atoms with Crippen molar-refractivity contribution in [2.24, 2.45) is 7.05 Å². The van der Waals surface area contributed by atoms with E-state index in [1.807, 2.05) is 0 Å². The summed E-state index contributed by atoms with van der Waals surface area (Å²) in [4.78, 5) is 30.7. The quantitative estimate of drug-likeness (QED) is 0.899. The highest BCUT2D eigenvalue weighted by molar-refractivity contribution is 7.15. The predicted octanol–water partition coefficient (Wildman–Crippen LogP) is 1.25. The van der Waals surface area contributed by atoms with Gasteiger partial charge in [-0.3, -0.25) is 14.8 Å². The van der Waals surface area contributed by atoms with Crippen LogP contribution in [0, 0.1) is 0 Å². The van der Waals surface area contributed by atoms with Crippen LogP contribution >= 0.6 is 11.3 Å². The Balaban J connectivity index is 1.73. The lowest BCUT2D eigenvalue weighted by Crippen LogP contribution is -2.35. The van der Waals surface area contributed by atoms with E-state index in [0.717, 1.165) is 10.6 Å². The van der Waals surface area contributed by atoms with Gasteiger partial charge in [-0.15, -0.1) is 0 Å². The smallest absolute Gasteiger partial charge is 0.409 e. The van der Waals surface area contributed by atoms with Gasteiger partial charge in [0.05, 0.1) is 19.3 Å². The molecule has 1 aliphatic heterocycles. The highest BCUT2D eigenvalue weighted by Crippen LogP contribution is 2.28. The normalized spacial score (nSPS) is 13.6. The minimum atomic E-state index is -0.348. The number of aromatic nitrogens is 3. The van der Waals surface area contributed by atoms with E-state index in [-0.39, 0.29) is 12.0 Å². The average molecular weight is 321 g/mol. The second-order valence-corrected chi connectivity index (χ2v) is 5.91. The molecule has 0 radical (unpaired) electrons. The molecule has 0 saturated heterocycles. The molecule has 0 atom stereocenters. The number of nitrogens with zero attached hydrogens (tertiary/aromatic N) is 4. The van der Waals surface area contributed by atoms with Crippen molar-refractivity contribution in [3.8, 4) is 0 Å². The van der Waals surface area contributed by atoms with Crippen molar-refractivity contribution in [3.63, 3.8) is 0 Å². The number of thiazole rings is 1. The Kier molecular flexibility index (Phi) is 3.80. The first-order chi connectivity index (χ1) is 10.6. The Hall–Kier alpha value is -2.42. The molecule has 116 valence electrons. The molecular weight excluding hydrogens is 306 g/mol. The SMILES string of the molecule is COC(=O)N1CCc2nc(NC(=O)c3ccnn3C)sc2C1. The number of carbonyl (C=O) groups excluding carboxylic acids is 2. The topological polar surface area (TPSA) is 89.3 Å². The monoisotopic (exact) mass is 321 g/mol. The van der Waals surface area contributed by atoms with E-state index < -0.39 is 0 Å². The second-order valence-electron chi connectivity index (χ2n) is 4.82. The molecule has 0 bridgehead atoms. The Morgan fingerprint density at radius 3 is 2.95 bits per heavy atom. The van der Waals surface area contributed by atoms with Crippen molar-refractivity contribution in [2.75, 3.05) is 19.0 Å². The van der Waals surface area contributed by atoms with Gasteiger partial charge in [-0.2, -0.15) is 5.10 Å². The van der Waals surface area contributed by atoms with Crippen LogP contribution in [0.1, 0.15) is 21.1 Å². The predicted molar refractivity (Wildman–Crippen MR) is 79.8 cm³/mol. The summed E-state index contributed by atoms with van der Waals surface area (Å²) >= 11 is 1.38. The van der Waals surface area contributed by atoms with Crippen LogP contribution in [0.4, 0.5) is 9.93 Å². The number of fused-ring (bicyclic) bond motifs is 1. The molecule has 0 aromatic carbocycles. The molecule has 9 heteroatoms. The van der Waals surface area contributed by atoms with E-state index in [9.17, 15) is 9.59 Å². The first kappa shape index (κ1) is 14.5. The zero-order valence-corrected chi connectivity index (χ0v) is 13.0. The van der Waals surface area contributed by atoms with Crippen LogP contribution in [0.3, 0.4) is 0 Å². The molecule has 8 nitrogen and oxygen atoms in total. The molecule has 2 aromatic rings. The van der Waals surface area contributed by atoms with Crippen LogP contribution in [0.2, 0.25) is 0 Å². The van der Waals surface area contributed by atoms with E-state index in [1.165, 1.54) is 23.1 Å². The van der Waals surface area contributed by atoms with Crippen molar-refractivity contribution < 1.29 is 14.3 Å². The standard InChI is InChI=1S/C13H15N5O3S/c1-17-9(3-5-14-17)11(19)16-12-15-8-4-6-18(13(20)21-2)7-10(8)22-12/h3,5H,4,6-7H2,1-2H3,(H,15,16,19). The Morgan fingerprint density at radius 1 is 1.45 bits per heavy atom. The van der Waals surface area contributed by atoms with E-state index in [1.54, 1.807) is 24.2 Å². The van der Waals surface area contributed by atoms with Crippen molar-refractivity contribution in [1.29, 1.82) is 0 Å². The van der Waals surface area contributed by atoms with Crippen molar-refractivity contribution in [2.45, 2.75) is 13.0 Å². The van der Waals surface area contributed by atoms with Crippen LogP contribution in [-0.2, 0) is 24.8 Å². The third-order valence-electron chi connectivity index (χ3n) is 3.44. The fourth-order valence-electron chi connectivity index (χ4n) is 2.29. The molecule has 0 fully saturated rings. The molecule has 0 spiro atoms. The molecule has 3 rings (SSSR count). The molecule has 0 unspecified atom stereocenters. The summed E-state index contributed by atoms with van der Waals surface area (Å²) < 4.78 is 6.23. The van der Waals surface area contributed by atoms with Crippen LogP contribution < -0.4 is 5.32 Å². The first-order valence-electron chi connectivity index (χ1n) is 6.69. The number of ether oxygens (including phenoxy) is 1. The number of carbonyl (C=O) groups is 2. The summed E-state index contributed by atoms with van der Waals surface area (Å²) in [6, 6.07) is 1.64. The summed E-state index contributed by atoms with van der Waals surface area (Å²) in [6.45, 7) is 1.03. The number of amides is 2. The summed E-state index contributed by atoms with van der Waals surface area (Å²) in [5.41, 5.74) is 1.38. The summed E-state index contributed by atoms with van der Waals surface area (Å²) in [5, 5.41) is 7.27. The third kappa shape index (κ3) is 2.67. The van der Waals surface area contributed by atoms with Gasteiger partial charge < -0.3 is 9.64 Å². The van der Waals surface area contributed by atoms with E-state index in [4.69, 9.17) is 4.74 Å². The highest BCUT2D eigenvalue weighted by Gasteiger charge is 2.25. The maximum atomic E-state index is 12.1. The molecule has 1 aliphatic rings. The highest BCUT2D eigenvalue weighted by atomic mass is 32.1. The number of anilines is 1. The molecule has 0 saturated carbocycles. The maximum absolute atomic E-state index is 12.1. The second kappa shape index (κ2) is 5.76. The third-order valence-corrected chi connectivity index (χ3v) is 4.44. The molecule has 0 aliphatic carbocycles. The van der Waals surface area contributed by atoms with Gasteiger partial charge in [0.15, 0.2) is 5.13 Å². The largest absolute Gasteiger partial charge is 0.453 e. The van der Waals surface area contributed by atoms with Gasteiger partial charge in [-0.25, -0.2) is 9.78 Å². The summed E-state index contributed by atoms with van der Waals surface area (Å²) in [5.74, 6) is -0.254. The van der Waals surface area contributed by atoms with Crippen LogP contribution in [0.15, 0.2) is 12.3 Å². The van der Waals surface area contributed by atoms with Gasteiger partial charge in [0.1, 0.15) is 5.69 Å². The number of rotatable bonds is 2. The Labute approximate surface area is 130 Å². The first-order valence-corrected chi connectivity index (χ1v) is 7.51. The van der Waals surface area contributed by atoms with E-state index in [0.29, 0.717) is 30.3 Å².